The number of carbonyl (C=O) groups excluding carboxylic acids is 1. The molecule has 0 aliphatic heterocycles. The summed E-state index contributed by atoms with van der Waals surface area (Å²) in [6.45, 7) is 4.19. The van der Waals surface area contributed by atoms with Gasteiger partial charge in [0.05, 0.1) is 11.4 Å². The van der Waals surface area contributed by atoms with Crippen LogP contribution in [0.1, 0.15) is 38.3 Å². The van der Waals surface area contributed by atoms with Crippen LogP contribution in [0, 0.1) is 12.8 Å². The number of thioether (sulfide) groups is 1. The monoisotopic (exact) mass is 355 g/mol. The Morgan fingerprint density at radius 3 is 2.72 bits per heavy atom. The maximum atomic E-state index is 12.3. The molecular formula is C20H25N3OS. The van der Waals surface area contributed by atoms with E-state index >= 15 is 0 Å². The van der Waals surface area contributed by atoms with Gasteiger partial charge in [-0.15, -0.1) is 0 Å². The average molecular weight is 356 g/mol. The maximum absolute atomic E-state index is 12.3. The number of nitrogens with one attached hydrogen (secondary N) is 1. The van der Waals surface area contributed by atoms with Gasteiger partial charge in [0, 0.05) is 17.3 Å². The molecule has 1 N–H and O–H groups in total. The van der Waals surface area contributed by atoms with Crippen LogP contribution in [0.3, 0.4) is 0 Å². The Morgan fingerprint density at radius 1 is 1.20 bits per heavy atom. The summed E-state index contributed by atoms with van der Waals surface area (Å²) in [6, 6.07) is 12.4. The van der Waals surface area contributed by atoms with Crippen LogP contribution in [0.5, 0.6) is 0 Å². The molecule has 0 radical (unpaired) electrons. The Labute approximate surface area is 153 Å². The number of carbonyl (C=O) groups is 1. The minimum absolute atomic E-state index is 0.0788. The molecular weight excluding hydrogens is 330 g/mol. The molecule has 4 nitrogen and oxygen atoms in total. The molecule has 1 aliphatic carbocycles. The van der Waals surface area contributed by atoms with E-state index in [1.54, 1.807) is 0 Å². The van der Waals surface area contributed by atoms with Crippen LogP contribution < -0.4 is 5.32 Å². The van der Waals surface area contributed by atoms with Crippen molar-refractivity contribution in [1.29, 1.82) is 0 Å². The number of hydrogen-bond donors (Lipinski definition) is 1. The predicted molar refractivity (Wildman–Crippen MR) is 102 cm³/mol. The van der Waals surface area contributed by atoms with Crippen molar-refractivity contribution < 1.29 is 4.79 Å². The third-order valence-corrected chi connectivity index (χ3v) is 5.54. The highest BCUT2D eigenvalue weighted by atomic mass is 32.2. The normalized spacial score (nSPS) is 20.2. The average Bonchev–Trinajstić information content (AvgIpc) is 2.62. The topological polar surface area (TPSA) is 54.9 Å². The Bertz CT molecular complexity index is 720. The standard InChI is InChI=1S/C20H25N3OS/c1-14-8-6-7-11-17(14)22-19(24)13-25-20-21-15(2)12-18(23-20)16-9-4-3-5-10-16/h3-5,9-10,12,14,17H,6-8,11,13H2,1-2H3,(H,22,24)/t14-,17+/m1/s1. The molecule has 1 aliphatic rings. The smallest absolute Gasteiger partial charge is 0.230 e. The SMILES string of the molecule is Cc1cc(-c2ccccc2)nc(SCC(=O)N[C@H]2CCCC[C@H]2C)n1. The van der Waals surface area contributed by atoms with E-state index in [4.69, 9.17) is 0 Å². The van der Waals surface area contributed by atoms with Crippen LogP contribution >= 0.6 is 11.8 Å². The summed E-state index contributed by atoms with van der Waals surface area (Å²) in [5.41, 5.74) is 2.88. The van der Waals surface area contributed by atoms with Gasteiger partial charge in [-0.3, -0.25) is 4.79 Å². The second kappa shape index (κ2) is 8.48. The highest BCUT2D eigenvalue weighted by Crippen LogP contribution is 2.24. The van der Waals surface area contributed by atoms with Gasteiger partial charge in [0.2, 0.25) is 5.91 Å². The van der Waals surface area contributed by atoms with Gasteiger partial charge < -0.3 is 5.32 Å². The molecule has 0 spiro atoms. The molecule has 1 saturated carbocycles. The Kier molecular flexibility index (Phi) is 6.08. The minimum Gasteiger partial charge on any atom is -0.352 e. The van der Waals surface area contributed by atoms with E-state index in [0.29, 0.717) is 22.9 Å². The van der Waals surface area contributed by atoms with Crippen molar-refractivity contribution in [2.45, 2.75) is 50.7 Å². The van der Waals surface area contributed by atoms with Crippen molar-refractivity contribution in [2.75, 3.05) is 5.75 Å². The van der Waals surface area contributed by atoms with Crippen LogP contribution in [-0.4, -0.2) is 27.7 Å². The first-order chi connectivity index (χ1) is 12.1. The zero-order valence-corrected chi connectivity index (χ0v) is 15.7. The zero-order chi connectivity index (χ0) is 17.6. The van der Waals surface area contributed by atoms with E-state index in [2.05, 4.69) is 22.2 Å². The summed E-state index contributed by atoms with van der Waals surface area (Å²) < 4.78 is 0. The van der Waals surface area contributed by atoms with Crippen molar-refractivity contribution in [1.82, 2.24) is 15.3 Å². The van der Waals surface area contributed by atoms with Gasteiger partial charge in [-0.05, 0) is 31.7 Å². The second-order valence-corrected chi connectivity index (χ2v) is 7.71. The Balaban J connectivity index is 1.61. The van der Waals surface area contributed by atoms with Crippen LogP contribution in [0.15, 0.2) is 41.6 Å². The van der Waals surface area contributed by atoms with Gasteiger partial charge in [-0.25, -0.2) is 9.97 Å². The molecule has 5 heteroatoms. The molecule has 1 aromatic heterocycles. The van der Waals surface area contributed by atoms with E-state index in [-0.39, 0.29) is 5.91 Å². The quantitative estimate of drug-likeness (QED) is 0.644. The molecule has 2 atom stereocenters. The lowest BCUT2D eigenvalue weighted by atomic mass is 9.86. The molecule has 0 unspecified atom stereocenters. The first-order valence-corrected chi connectivity index (χ1v) is 9.93. The van der Waals surface area contributed by atoms with Crippen molar-refractivity contribution in [3.05, 3.63) is 42.1 Å². The van der Waals surface area contributed by atoms with Crippen molar-refractivity contribution >= 4 is 17.7 Å². The largest absolute Gasteiger partial charge is 0.352 e. The lowest BCUT2D eigenvalue weighted by Gasteiger charge is -2.29. The molecule has 25 heavy (non-hydrogen) atoms. The predicted octanol–water partition coefficient (Wildman–Crippen LogP) is 4.24. The fraction of sp³-hybridized carbons (Fsp3) is 0.450. The fourth-order valence-corrected chi connectivity index (χ4v) is 3.99. The van der Waals surface area contributed by atoms with Crippen LogP contribution in [0.2, 0.25) is 0 Å². The van der Waals surface area contributed by atoms with Gasteiger partial charge in [-0.1, -0.05) is 61.9 Å². The third-order valence-electron chi connectivity index (χ3n) is 4.69. The highest BCUT2D eigenvalue weighted by Gasteiger charge is 2.22. The van der Waals surface area contributed by atoms with E-state index in [1.165, 1.54) is 31.0 Å². The van der Waals surface area contributed by atoms with E-state index in [1.807, 2.05) is 43.3 Å². The maximum Gasteiger partial charge on any atom is 0.230 e. The van der Waals surface area contributed by atoms with Crippen molar-refractivity contribution in [3.8, 4) is 11.3 Å². The second-order valence-electron chi connectivity index (χ2n) is 6.77. The number of amides is 1. The summed E-state index contributed by atoms with van der Waals surface area (Å²) in [6.07, 6.45) is 4.79. The van der Waals surface area contributed by atoms with Crippen LogP contribution in [0.25, 0.3) is 11.3 Å². The number of aryl methyl sites for hydroxylation is 1. The number of rotatable bonds is 5. The first kappa shape index (κ1) is 17.9. The number of benzene rings is 1. The summed E-state index contributed by atoms with van der Waals surface area (Å²) in [5, 5.41) is 3.84. The molecule has 2 aromatic rings. The number of nitrogens with zero attached hydrogens (tertiary/aromatic N) is 2. The molecule has 3 rings (SSSR count). The lowest BCUT2D eigenvalue weighted by Crippen LogP contribution is -2.41. The summed E-state index contributed by atoms with van der Waals surface area (Å²) in [5.74, 6) is 1.01. The van der Waals surface area contributed by atoms with Gasteiger partial charge in [0.15, 0.2) is 5.16 Å². The van der Waals surface area contributed by atoms with E-state index in [9.17, 15) is 4.79 Å². The molecule has 1 aromatic carbocycles. The van der Waals surface area contributed by atoms with Gasteiger partial charge >= 0.3 is 0 Å². The molecule has 132 valence electrons. The van der Waals surface area contributed by atoms with Crippen molar-refractivity contribution in [3.63, 3.8) is 0 Å². The molecule has 0 bridgehead atoms. The van der Waals surface area contributed by atoms with Gasteiger partial charge in [0.1, 0.15) is 0 Å². The van der Waals surface area contributed by atoms with Gasteiger partial charge in [0.25, 0.3) is 0 Å². The van der Waals surface area contributed by atoms with E-state index < -0.39 is 0 Å². The fourth-order valence-electron chi connectivity index (χ4n) is 3.27. The Morgan fingerprint density at radius 2 is 1.96 bits per heavy atom. The Hall–Kier alpha value is -1.88. The lowest BCUT2D eigenvalue weighted by molar-refractivity contribution is -0.119. The van der Waals surface area contributed by atoms with Crippen molar-refractivity contribution in [2.24, 2.45) is 5.92 Å². The van der Waals surface area contributed by atoms with E-state index in [0.717, 1.165) is 23.4 Å². The summed E-state index contributed by atoms with van der Waals surface area (Å²) >= 11 is 1.41. The van der Waals surface area contributed by atoms with Crippen LogP contribution in [-0.2, 0) is 4.79 Å². The van der Waals surface area contributed by atoms with Crippen LogP contribution in [0.4, 0.5) is 0 Å². The highest BCUT2D eigenvalue weighted by molar-refractivity contribution is 7.99. The molecule has 1 heterocycles. The summed E-state index contributed by atoms with van der Waals surface area (Å²) in [7, 11) is 0. The molecule has 1 fully saturated rings. The zero-order valence-electron chi connectivity index (χ0n) is 14.9. The summed E-state index contributed by atoms with van der Waals surface area (Å²) in [4.78, 5) is 21.4. The number of aromatic nitrogens is 2. The molecule has 1 amide bonds. The third kappa shape index (κ3) is 5.05. The molecule has 0 saturated heterocycles. The first-order valence-electron chi connectivity index (χ1n) is 8.95. The van der Waals surface area contributed by atoms with Gasteiger partial charge in [-0.2, -0.15) is 0 Å². The minimum atomic E-state index is 0.0788. The number of hydrogen-bond acceptors (Lipinski definition) is 4.